The molecule has 3 heteroatoms. The van der Waals surface area contributed by atoms with Gasteiger partial charge in [-0.2, -0.15) is 0 Å². The van der Waals surface area contributed by atoms with Gasteiger partial charge in [0.1, 0.15) is 0 Å². The van der Waals surface area contributed by atoms with Crippen LogP contribution in [0.3, 0.4) is 0 Å². The molecule has 0 aliphatic carbocycles. The van der Waals surface area contributed by atoms with Crippen LogP contribution in [-0.4, -0.2) is 15.0 Å². The van der Waals surface area contributed by atoms with Crippen LogP contribution < -0.4 is 0 Å². The third kappa shape index (κ3) is 3.74. The van der Waals surface area contributed by atoms with E-state index in [2.05, 4.69) is 46.4 Å². The average Bonchev–Trinajstić information content (AvgIpc) is 2.85. The van der Waals surface area contributed by atoms with Crippen LogP contribution in [0.1, 0.15) is 0 Å². The summed E-state index contributed by atoms with van der Waals surface area (Å²) in [6.07, 6.45) is 3.67. The zero-order valence-electron chi connectivity index (χ0n) is 16.3. The number of nitrogens with zero attached hydrogens (tertiary/aromatic N) is 3. The molecule has 3 nitrogen and oxygen atoms in total. The predicted octanol–water partition coefficient (Wildman–Crippen LogP) is 6.54. The molecule has 2 aromatic carbocycles. The number of hydrogen-bond acceptors (Lipinski definition) is 3. The van der Waals surface area contributed by atoms with E-state index in [-0.39, 0.29) is 0 Å². The number of benzene rings is 2. The summed E-state index contributed by atoms with van der Waals surface area (Å²) in [7, 11) is 0. The lowest BCUT2D eigenvalue weighted by Crippen LogP contribution is -1.93. The monoisotopic (exact) mass is 385 g/mol. The van der Waals surface area contributed by atoms with Crippen molar-refractivity contribution in [2.75, 3.05) is 0 Å². The van der Waals surface area contributed by atoms with Gasteiger partial charge in [-0.3, -0.25) is 9.97 Å². The fraction of sp³-hybridized carbons (Fsp3) is 0. The highest BCUT2D eigenvalue weighted by molar-refractivity contribution is 5.72. The highest BCUT2D eigenvalue weighted by Gasteiger charge is 2.08. The zero-order chi connectivity index (χ0) is 20.2. The van der Waals surface area contributed by atoms with Crippen molar-refractivity contribution in [3.05, 3.63) is 116 Å². The molecule has 0 saturated heterocycles. The lowest BCUT2D eigenvalue weighted by atomic mass is 10.0. The molecule has 5 rings (SSSR count). The van der Waals surface area contributed by atoms with Gasteiger partial charge in [-0.15, -0.1) is 0 Å². The van der Waals surface area contributed by atoms with Crippen molar-refractivity contribution in [1.82, 2.24) is 15.0 Å². The first-order chi connectivity index (χ1) is 14.9. The third-order valence-corrected chi connectivity index (χ3v) is 5.01. The number of hydrogen-bond donors (Lipinski definition) is 0. The van der Waals surface area contributed by atoms with Gasteiger partial charge >= 0.3 is 0 Å². The van der Waals surface area contributed by atoms with Crippen LogP contribution in [0.5, 0.6) is 0 Å². The van der Waals surface area contributed by atoms with Gasteiger partial charge in [-0.05, 0) is 58.7 Å². The van der Waals surface area contributed by atoms with E-state index in [1.807, 2.05) is 79.1 Å². The minimum Gasteiger partial charge on any atom is -0.255 e. The summed E-state index contributed by atoms with van der Waals surface area (Å²) in [6.45, 7) is 0. The minimum absolute atomic E-state index is 0.831. The average molecular weight is 385 g/mol. The summed E-state index contributed by atoms with van der Waals surface area (Å²) in [6, 6.07) is 34.8. The Balaban J connectivity index is 1.52. The van der Waals surface area contributed by atoms with E-state index < -0.39 is 0 Å². The van der Waals surface area contributed by atoms with Crippen LogP contribution >= 0.6 is 0 Å². The Morgan fingerprint density at radius 1 is 0.367 bits per heavy atom. The molecule has 3 heterocycles. The largest absolute Gasteiger partial charge is 0.255 e. The highest BCUT2D eigenvalue weighted by Crippen LogP contribution is 2.27. The van der Waals surface area contributed by atoms with Crippen molar-refractivity contribution in [2.24, 2.45) is 0 Å². The second-order valence-electron chi connectivity index (χ2n) is 7.00. The smallest absolute Gasteiger partial charge is 0.0894 e. The summed E-state index contributed by atoms with van der Waals surface area (Å²) in [4.78, 5) is 14.0. The summed E-state index contributed by atoms with van der Waals surface area (Å²) < 4.78 is 0. The summed E-state index contributed by atoms with van der Waals surface area (Å²) >= 11 is 0. The second kappa shape index (κ2) is 8.10. The van der Waals surface area contributed by atoms with E-state index in [9.17, 15) is 0 Å². The van der Waals surface area contributed by atoms with E-state index >= 15 is 0 Å². The van der Waals surface area contributed by atoms with E-state index in [1.165, 1.54) is 0 Å². The molecule has 0 unspecified atom stereocenters. The van der Waals surface area contributed by atoms with Gasteiger partial charge in [0.15, 0.2) is 0 Å². The van der Waals surface area contributed by atoms with Gasteiger partial charge in [0, 0.05) is 12.4 Å². The van der Waals surface area contributed by atoms with Gasteiger partial charge < -0.3 is 0 Å². The molecule has 0 aliphatic heterocycles. The molecule has 0 radical (unpaired) electrons. The van der Waals surface area contributed by atoms with Crippen LogP contribution in [0, 0.1) is 0 Å². The van der Waals surface area contributed by atoms with Crippen LogP contribution in [0.4, 0.5) is 0 Å². The maximum Gasteiger partial charge on any atom is 0.0894 e. The standard InChI is InChI=1S/C27H19N3/c1-3-8-20(9-4-1)22-14-16-28-26(18-22)24-12-7-13-25(30-24)27-19-23(15-17-29-27)21-10-5-2-6-11-21/h1-19H. The molecule has 142 valence electrons. The SMILES string of the molecule is c1ccc(-c2ccnc(-c3cccc(-c4cc(-c5ccccc5)ccn4)n3)c2)cc1. The van der Waals surface area contributed by atoms with Gasteiger partial charge in [-0.25, -0.2) is 4.98 Å². The molecule has 0 saturated carbocycles. The third-order valence-electron chi connectivity index (χ3n) is 5.01. The number of aromatic nitrogens is 3. The van der Waals surface area contributed by atoms with Crippen LogP contribution in [0.2, 0.25) is 0 Å². The molecule has 0 atom stereocenters. The Bertz CT molecular complexity index is 1180. The molecular weight excluding hydrogens is 366 g/mol. The van der Waals surface area contributed by atoms with Crippen LogP contribution in [0.15, 0.2) is 116 Å². The predicted molar refractivity (Wildman–Crippen MR) is 122 cm³/mol. The normalized spacial score (nSPS) is 10.7. The molecule has 30 heavy (non-hydrogen) atoms. The summed E-state index contributed by atoms with van der Waals surface area (Å²) in [5, 5.41) is 0. The van der Waals surface area contributed by atoms with E-state index in [0.29, 0.717) is 0 Å². The molecule has 0 N–H and O–H groups in total. The second-order valence-corrected chi connectivity index (χ2v) is 7.00. The van der Waals surface area contributed by atoms with Gasteiger partial charge in [0.2, 0.25) is 0 Å². The van der Waals surface area contributed by atoms with Crippen molar-refractivity contribution in [2.45, 2.75) is 0 Å². The van der Waals surface area contributed by atoms with Gasteiger partial charge in [-0.1, -0.05) is 66.7 Å². The highest BCUT2D eigenvalue weighted by atomic mass is 14.8. The molecule has 0 aliphatic rings. The number of pyridine rings is 3. The van der Waals surface area contributed by atoms with Crippen LogP contribution in [0.25, 0.3) is 45.0 Å². The van der Waals surface area contributed by atoms with Crippen molar-refractivity contribution in [1.29, 1.82) is 0 Å². The molecule has 0 amide bonds. The van der Waals surface area contributed by atoms with E-state index in [0.717, 1.165) is 45.0 Å². The fourth-order valence-electron chi connectivity index (χ4n) is 3.48. The van der Waals surface area contributed by atoms with Gasteiger partial charge in [0.25, 0.3) is 0 Å². The molecule has 0 fully saturated rings. The molecule has 0 bridgehead atoms. The van der Waals surface area contributed by atoms with Crippen molar-refractivity contribution < 1.29 is 0 Å². The molecule has 5 aromatic rings. The lowest BCUT2D eigenvalue weighted by molar-refractivity contribution is 1.22. The Morgan fingerprint density at radius 2 is 0.833 bits per heavy atom. The first-order valence-corrected chi connectivity index (χ1v) is 9.87. The first kappa shape index (κ1) is 18.0. The maximum absolute atomic E-state index is 4.86. The van der Waals surface area contributed by atoms with Crippen molar-refractivity contribution >= 4 is 0 Å². The zero-order valence-corrected chi connectivity index (χ0v) is 16.3. The Morgan fingerprint density at radius 3 is 1.30 bits per heavy atom. The van der Waals surface area contributed by atoms with Gasteiger partial charge in [0.05, 0.1) is 22.8 Å². The lowest BCUT2D eigenvalue weighted by Gasteiger charge is -2.08. The summed E-state index contributed by atoms with van der Waals surface area (Å²) in [5.41, 5.74) is 7.92. The van der Waals surface area contributed by atoms with Crippen LogP contribution in [-0.2, 0) is 0 Å². The van der Waals surface area contributed by atoms with Crippen molar-refractivity contribution in [3.8, 4) is 45.0 Å². The van der Waals surface area contributed by atoms with E-state index in [1.54, 1.807) is 0 Å². The quantitative estimate of drug-likeness (QED) is 0.352. The molecular formula is C27H19N3. The molecule has 3 aromatic heterocycles. The van der Waals surface area contributed by atoms with E-state index in [4.69, 9.17) is 4.98 Å². The molecule has 0 spiro atoms. The fourth-order valence-corrected chi connectivity index (χ4v) is 3.48. The summed E-state index contributed by atoms with van der Waals surface area (Å²) in [5.74, 6) is 0. The number of rotatable bonds is 4. The topological polar surface area (TPSA) is 38.7 Å². The maximum atomic E-state index is 4.86. The Kier molecular flexibility index (Phi) is 4.84. The Labute approximate surface area is 175 Å². The minimum atomic E-state index is 0.831. The van der Waals surface area contributed by atoms with Crippen molar-refractivity contribution in [3.63, 3.8) is 0 Å². The Hall–Kier alpha value is -4.11. The first-order valence-electron chi connectivity index (χ1n) is 9.87.